The van der Waals surface area contributed by atoms with E-state index in [0.29, 0.717) is 45.1 Å². The van der Waals surface area contributed by atoms with E-state index in [0.717, 1.165) is 22.7 Å². The van der Waals surface area contributed by atoms with E-state index < -0.39 is 5.82 Å². The van der Waals surface area contributed by atoms with Crippen molar-refractivity contribution in [1.82, 2.24) is 30.1 Å². The molecule has 0 saturated carbocycles. The van der Waals surface area contributed by atoms with Gasteiger partial charge in [-0.25, -0.2) is 14.4 Å². The summed E-state index contributed by atoms with van der Waals surface area (Å²) in [6.07, 6.45) is 3.28. The van der Waals surface area contributed by atoms with E-state index in [2.05, 4.69) is 20.2 Å². The second-order valence-corrected chi connectivity index (χ2v) is 7.66. The Bertz CT molecular complexity index is 1650. The molecule has 4 heterocycles. The number of benzene rings is 2. The molecule has 160 valence electrons. The quantitative estimate of drug-likeness (QED) is 0.319. The third kappa shape index (κ3) is 3.23. The van der Waals surface area contributed by atoms with Crippen molar-refractivity contribution in [3.8, 4) is 39.7 Å². The van der Waals surface area contributed by atoms with E-state index in [1.165, 1.54) is 12.1 Å². The molecule has 0 bridgehead atoms. The highest BCUT2D eigenvalue weighted by Gasteiger charge is 2.17. The van der Waals surface area contributed by atoms with Crippen LogP contribution in [0.4, 0.5) is 10.1 Å². The molecule has 5 N–H and O–H groups in total. The number of anilines is 1. The number of fused-ring (bicyclic) bond motifs is 2. The zero-order valence-corrected chi connectivity index (χ0v) is 17.0. The topological polar surface area (TPSA) is 129 Å². The minimum Gasteiger partial charge on any atom is -0.508 e. The fraction of sp³-hybridized carbons (Fsp3) is 0. The van der Waals surface area contributed by atoms with Crippen LogP contribution >= 0.6 is 0 Å². The number of rotatable bonds is 3. The Hall–Kier alpha value is -4.79. The number of nitrogens with one attached hydrogen (secondary N) is 2. The number of hydrogen-bond donors (Lipinski definition) is 4. The van der Waals surface area contributed by atoms with Crippen LogP contribution in [0.1, 0.15) is 0 Å². The van der Waals surface area contributed by atoms with Gasteiger partial charge in [0.25, 0.3) is 0 Å². The standard InChI is InChI=1S/C24H16FN7O/c25-14-6-12(8-16(33)9-14)17-2-1-3-19-21(17)30-24(29-19)23-22-20(31-32-23)5-4-18(28-22)13-7-15(26)11-27-10-13/h1-11,33H,26H2,(H,29,30)(H,31,32). The molecular weight excluding hydrogens is 421 g/mol. The van der Waals surface area contributed by atoms with Gasteiger partial charge in [0.2, 0.25) is 0 Å². The number of halogens is 1. The van der Waals surface area contributed by atoms with Crippen molar-refractivity contribution in [3.05, 3.63) is 72.8 Å². The Morgan fingerprint density at radius 3 is 2.64 bits per heavy atom. The Balaban J connectivity index is 1.51. The summed E-state index contributed by atoms with van der Waals surface area (Å²) in [5.74, 6) is -0.160. The zero-order chi connectivity index (χ0) is 22.5. The number of aromatic nitrogens is 6. The Morgan fingerprint density at radius 1 is 0.879 bits per heavy atom. The maximum atomic E-state index is 13.9. The van der Waals surface area contributed by atoms with Crippen LogP contribution in [0.3, 0.4) is 0 Å². The summed E-state index contributed by atoms with van der Waals surface area (Å²) in [5.41, 5.74) is 12.4. The minimum atomic E-state index is -0.524. The van der Waals surface area contributed by atoms with Crippen LogP contribution < -0.4 is 5.73 Å². The first-order valence-electron chi connectivity index (χ1n) is 10.1. The van der Waals surface area contributed by atoms with Gasteiger partial charge in [-0.05, 0) is 42.0 Å². The van der Waals surface area contributed by atoms with Crippen LogP contribution in [0.15, 0.2) is 67.0 Å². The van der Waals surface area contributed by atoms with E-state index in [1.54, 1.807) is 12.4 Å². The first-order valence-corrected chi connectivity index (χ1v) is 10.1. The number of phenolic OH excluding ortho intramolecular Hbond substituents is 1. The molecule has 4 aromatic heterocycles. The third-order valence-corrected chi connectivity index (χ3v) is 5.39. The van der Waals surface area contributed by atoms with Crippen LogP contribution in [0.25, 0.3) is 56.0 Å². The Labute approximate surface area is 186 Å². The molecule has 8 nitrogen and oxygen atoms in total. The number of H-pyrrole nitrogens is 2. The maximum absolute atomic E-state index is 13.9. The van der Waals surface area contributed by atoms with Crippen LogP contribution in [-0.4, -0.2) is 35.2 Å². The van der Waals surface area contributed by atoms with Gasteiger partial charge >= 0.3 is 0 Å². The molecular formula is C24H16FN7O. The van der Waals surface area contributed by atoms with Crippen molar-refractivity contribution in [1.29, 1.82) is 0 Å². The van der Waals surface area contributed by atoms with Gasteiger partial charge in [-0.2, -0.15) is 5.10 Å². The van der Waals surface area contributed by atoms with Gasteiger partial charge in [0.15, 0.2) is 11.5 Å². The van der Waals surface area contributed by atoms with Gasteiger partial charge in [0, 0.05) is 29.6 Å². The van der Waals surface area contributed by atoms with Crippen LogP contribution in [0.2, 0.25) is 0 Å². The molecule has 0 aliphatic rings. The van der Waals surface area contributed by atoms with Crippen LogP contribution in [0.5, 0.6) is 5.75 Å². The van der Waals surface area contributed by atoms with Gasteiger partial charge in [0.1, 0.15) is 17.1 Å². The van der Waals surface area contributed by atoms with Gasteiger partial charge in [-0.15, -0.1) is 0 Å². The van der Waals surface area contributed by atoms with E-state index in [4.69, 9.17) is 15.7 Å². The van der Waals surface area contributed by atoms with Gasteiger partial charge in [-0.1, -0.05) is 12.1 Å². The van der Waals surface area contributed by atoms with E-state index in [1.807, 2.05) is 36.4 Å². The minimum absolute atomic E-state index is 0.149. The lowest BCUT2D eigenvalue weighted by Gasteiger charge is -2.04. The monoisotopic (exact) mass is 437 g/mol. The SMILES string of the molecule is Nc1cncc(-c2ccc3[nH]nc(-c4nc5c(-c6cc(O)cc(F)c6)cccc5[nH]4)c3n2)c1. The largest absolute Gasteiger partial charge is 0.508 e. The molecule has 0 radical (unpaired) electrons. The first-order chi connectivity index (χ1) is 16.0. The number of para-hydroxylation sites is 1. The summed E-state index contributed by atoms with van der Waals surface area (Å²) in [7, 11) is 0. The summed E-state index contributed by atoms with van der Waals surface area (Å²) >= 11 is 0. The molecule has 0 amide bonds. The fourth-order valence-corrected chi connectivity index (χ4v) is 3.93. The second-order valence-electron chi connectivity index (χ2n) is 7.66. The van der Waals surface area contributed by atoms with Gasteiger partial charge in [0.05, 0.1) is 27.9 Å². The first kappa shape index (κ1) is 18.9. The molecule has 2 aromatic carbocycles. The molecule has 0 aliphatic carbocycles. The van der Waals surface area contributed by atoms with Crippen molar-refractivity contribution in [2.75, 3.05) is 5.73 Å². The number of nitrogens with two attached hydrogens (primary N) is 1. The number of nitrogen functional groups attached to an aromatic ring is 1. The molecule has 0 atom stereocenters. The highest BCUT2D eigenvalue weighted by molar-refractivity contribution is 5.96. The molecule has 0 aliphatic heterocycles. The van der Waals surface area contributed by atoms with E-state index >= 15 is 0 Å². The van der Waals surface area contributed by atoms with Gasteiger partial charge in [-0.3, -0.25) is 10.1 Å². The molecule has 0 unspecified atom stereocenters. The summed E-state index contributed by atoms with van der Waals surface area (Å²) < 4.78 is 13.9. The second kappa shape index (κ2) is 7.13. The molecule has 6 aromatic rings. The number of nitrogens with zero attached hydrogens (tertiary/aromatic N) is 4. The Kier molecular flexibility index (Phi) is 4.09. The number of aromatic hydroxyl groups is 1. The van der Waals surface area contributed by atoms with Crippen molar-refractivity contribution >= 4 is 27.8 Å². The lowest BCUT2D eigenvalue weighted by Crippen LogP contribution is -1.90. The average molecular weight is 437 g/mol. The number of hydrogen-bond acceptors (Lipinski definition) is 6. The molecule has 9 heteroatoms. The predicted molar refractivity (Wildman–Crippen MR) is 124 cm³/mol. The smallest absolute Gasteiger partial charge is 0.161 e. The number of phenols is 1. The molecule has 0 fully saturated rings. The summed E-state index contributed by atoms with van der Waals surface area (Å²) in [4.78, 5) is 16.9. The summed E-state index contributed by atoms with van der Waals surface area (Å²) in [6.45, 7) is 0. The van der Waals surface area contributed by atoms with Crippen LogP contribution in [-0.2, 0) is 0 Å². The number of pyridine rings is 2. The number of imidazole rings is 1. The maximum Gasteiger partial charge on any atom is 0.161 e. The van der Waals surface area contributed by atoms with Crippen molar-refractivity contribution in [2.24, 2.45) is 0 Å². The molecule has 0 saturated heterocycles. The fourth-order valence-electron chi connectivity index (χ4n) is 3.93. The van der Waals surface area contributed by atoms with E-state index in [9.17, 15) is 9.50 Å². The molecule has 0 spiro atoms. The highest BCUT2D eigenvalue weighted by Crippen LogP contribution is 2.33. The van der Waals surface area contributed by atoms with Gasteiger partial charge < -0.3 is 15.8 Å². The van der Waals surface area contributed by atoms with Crippen molar-refractivity contribution in [3.63, 3.8) is 0 Å². The molecule has 6 rings (SSSR count). The zero-order valence-electron chi connectivity index (χ0n) is 17.0. The van der Waals surface area contributed by atoms with Crippen molar-refractivity contribution < 1.29 is 9.50 Å². The highest BCUT2D eigenvalue weighted by atomic mass is 19.1. The summed E-state index contributed by atoms with van der Waals surface area (Å²) in [6, 6.07) is 15.0. The Morgan fingerprint density at radius 2 is 1.79 bits per heavy atom. The van der Waals surface area contributed by atoms with Crippen LogP contribution in [0, 0.1) is 5.82 Å². The normalized spacial score (nSPS) is 11.4. The number of aromatic amines is 2. The average Bonchev–Trinajstić information content (AvgIpc) is 3.41. The van der Waals surface area contributed by atoms with E-state index in [-0.39, 0.29) is 5.75 Å². The molecule has 33 heavy (non-hydrogen) atoms. The lowest BCUT2D eigenvalue weighted by molar-refractivity contribution is 0.469. The predicted octanol–water partition coefficient (Wildman–Crippen LogP) is 4.66. The third-order valence-electron chi connectivity index (χ3n) is 5.39. The van der Waals surface area contributed by atoms with Crippen molar-refractivity contribution in [2.45, 2.75) is 0 Å². The lowest BCUT2D eigenvalue weighted by atomic mass is 10.0. The summed E-state index contributed by atoms with van der Waals surface area (Å²) in [5, 5.41) is 17.2.